The number of nitrogens with zero attached hydrogens (tertiary/aromatic N) is 3. The maximum atomic E-state index is 13.5. The van der Waals surface area contributed by atoms with Gasteiger partial charge in [0.05, 0.1) is 35.2 Å². The summed E-state index contributed by atoms with van der Waals surface area (Å²) in [4.78, 5) is 45.2. The van der Waals surface area contributed by atoms with E-state index < -0.39 is 0 Å². The van der Waals surface area contributed by atoms with Gasteiger partial charge in [-0.25, -0.2) is 4.98 Å². The lowest BCUT2D eigenvalue weighted by Crippen LogP contribution is -2.34. The molecule has 0 saturated heterocycles. The van der Waals surface area contributed by atoms with Crippen LogP contribution >= 0.6 is 0 Å². The molecule has 194 valence electrons. The minimum atomic E-state index is -0.321. The van der Waals surface area contributed by atoms with Gasteiger partial charge in [0.1, 0.15) is 5.82 Å². The lowest BCUT2D eigenvalue weighted by molar-refractivity contribution is 0.0655. The highest BCUT2D eigenvalue weighted by atomic mass is 16.5. The first-order valence-electron chi connectivity index (χ1n) is 12.8. The predicted molar refractivity (Wildman–Crippen MR) is 144 cm³/mol. The number of rotatable bonds is 10. The van der Waals surface area contributed by atoms with Crippen LogP contribution in [0.5, 0.6) is 11.5 Å². The lowest BCUT2D eigenvalue weighted by atomic mass is 10.1. The Morgan fingerprint density at radius 3 is 2.11 bits per heavy atom. The second-order valence-electron chi connectivity index (χ2n) is 8.96. The van der Waals surface area contributed by atoms with Gasteiger partial charge >= 0.3 is 0 Å². The van der Waals surface area contributed by atoms with Crippen LogP contribution in [0.1, 0.15) is 46.0 Å². The molecule has 0 aliphatic carbocycles. The fourth-order valence-corrected chi connectivity index (χ4v) is 4.78. The maximum absolute atomic E-state index is 13.5. The number of carbonyl (C=O) groups excluding carboxylic acids is 2. The Morgan fingerprint density at radius 2 is 1.39 bits per heavy atom. The number of aromatic nitrogens is 2. The highest BCUT2D eigenvalue weighted by Gasteiger charge is 2.34. The second kappa shape index (κ2) is 10.9. The van der Waals surface area contributed by atoms with E-state index in [9.17, 15) is 14.4 Å². The number of benzene rings is 3. The van der Waals surface area contributed by atoms with E-state index in [1.165, 1.54) is 4.90 Å². The molecule has 0 fully saturated rings. The third-order valence-corrected chi connectivity index (χ3v) is 6.61. The van der Waals surface area contributed by atoms with Crippen LogP contribution in [0.3, 0.4) is 0 Å². The molecule has 0 radical (unpaired) electrons. The monoisotopic (exact) mass is 511 g/mol. The van der Waals surface area contributed by atoms with E-state index in [2.05, 4.69) is 0 Å². The fraction of sp³-hybridized carbons (Fsp3) is 0.267. The van der Waals surface area contributed by atoms with Crippen LogP contribution in [0.25, 0.3) is 10.9 Å². The number of carbonyl (C=O) groups is 2. The summed E-state index contributed by atoms with van der Waals surface area (Å²) in [5.41, 5.74) is 2.24. The van der Waals surface area contributed by atoms with E-state index in [4.69, 9.17) is 14.5 Å². The first kappa shape index (κ1) is 25.2. The standard InChI is InChI=1S/C30H29N3O5/c1-3-37-25-14-13-20(19-26(25)38-4-2)15-17-32-27(31-24-12-8-7-11-23(24)30(32)36)16-18-33-28(34)21-9-5-6-10-22(21)29(33)35/h5-14,19H,3-4,15-18H2,1-2H3. The molecule has 1 aliphatic rings. The van der Waals surface area contributed by atoms with Crippen molar-refractivity contribution in [2.24, 2.45) is 0 Å². The molecule has 2 amide bonds. The van der Waals surface area contributed by atoms with Gasteiger partial charge in [0.2, 0.25) is 0 Å². The van der Waals surface area contributed by atoms with Gasteiger partial charge in [-0.2, -0.15) is 0 Å². The quantitative estimate of drug-likeness (QED) is 0.295. The smallest absolute Gasteiger partial charge is 0.261 e. The summed E-state index contributed by atoms with van der Waals surface area (Å²) in [5.74, 6) is 1.24. The molecule has 8 heteroatoms. The van der Waals surface area contributed by atoms with E-state index in [-0.39, 0.29) is 30.3 Å². The van der Waals surface area contributed by atoms with Crippen LogP contribution in [0.4, 0.5) is 0 Å². The lowest BCUT2D eigenvalue weighted by Gasteiger charge is -2.17. The van der Waals surface area contributed by atoms with Crippen LogP contribution in [-0.4, -0.2) is 46.0 Å². The van der Waals surface area contributed by atoms with Gasteiger partial charge in [-0.3, -0.25) is 23.9 Å². The van der Waals surface area contributed by atoms with Gasteiger partial charge in [0.15, 0.2) is 11.5 Å². The van der Waals surface area contributed by atoms with Crippen molar-refractivity contribution in [2.75, 3.05) is 19.8 Å². The highest BCUT2D eigenvalue weighted by Crippen LogP contribution is 2.29. The molecule has 0 atom stereocenters. The maximum Gasteiger partial charge on any atom is 0.261 e. The minimum Gasteiger partial charge on any atom is -0.490 e. The normalized spacial score (nSPS) is 12.7. The Hall–Kier alpha value is -4.46. The number of imide groups is 1. The van der Waals surface area contributed by atoms with E-state index >= 15 is 0 Å². The Kier molecular flexibility index (Phi) is 7.22. The molecule has 2 heterocycles. The number of aryl methyl sites for hydroxylation is 1. The van der Waals surface area contributed by atoms with Gasteiger partial charge in [0.25, 0.3) is 17.4 Å². The zero-order valence-corrected chi connectivity index (χ0v) is 21.5. The van der Waals surface area contributed by atoms with Crippen LogP contribution < -0.4 is 15.0 Å². The average molecular weight is 512 g/mol. The van der Waals surface area contributed by atoms with Crippen LogP contribution in [0.15, 0.2) is 71.5 Å². The molecule has 0 N–H and O–H groups in total. The topological polar surface area (TPSA) is 90.7 Å². The van der Waals surface area contributed by atoms with Crippen molar-refractivity contribution in [3.63, 3.8) is 0 Å². The van der Waals surface area contributed by atoms with Crippen molar-refractivity contribution in [2.45, 2.75) is 33.2 Å². The van der Waals surface area contributed by atoms with Gasteiger partial charge in [0, 0.05) is 19.5 Å². The predicted octanol–water partition coefficient (Wildman–Crippen LogP) is 4.28. The zero-order valence-electron chi connectivity index (χ0n) is 21.5. The zero-order chi connectivity index (χ0) is 26.6. The van der Waals surface area contributed by atoms with Crippen molar-refractivity contribution < 1.29 is 19.1 Å². The number of fused-ring (bicyclic) bond motifs is 2. The van der Waals surface area contributed by atoms with E-state index in [0.29, 0.717) is 65.5 Å². The van der Waals surface area contributed by atoms with E-state index in [1.807, 2.05) is 44.2 Å². The average Bonchev–Trinajstić information content (AvgIpc) is 3.18. The van der Waals surface area contributed by atoms with Crippen molar-refractivity contribution in [3.05, 3.63) is 99.6 Å². The van der Waals surface area contributed by atoms with Crippen molar-refractivity contribution in [3.8, 4) is 11.5 Å². The Balaban J connectivity index is 1.42. The summed E-state index contributed by atoms with van der Waals surface area (Å²) in [6.45, 7) is 5.41. The molecule has 8 nitrogen and oxygen atoms in total. The second-order valence-corrected chi connectivity index (χ2v) is 8.96. The molecule has 1 aliphatic heterocycles. The van der Waals surface area contributed by atoms with Crippen LogP contribution in [-0.2, 0) is 19.4 Å². The summed E-state index contributed by atoms with van der Waals surface area (Å²) in [6, 6.07) is 19.8. The summed E-state index contributed by atoms with van der Waals surface area (Å²) in [6.07, 6.45) is 0.825. The van der Waals surface area contributed by atoms with Crippen molar-refractivity contribution in [1.82, 2.24) is 14.5 Å². The van der Waals surface area contributed by atoms with E-state index in [1.54, 1.807) is 41.0 Å². The summed E-state index contributed by atoms with van der Waals surface area (Å²) in [5, 5.41) is 0.527. The minimum absolute atomic E-state index is 0.134. The SMILES string of the molecule is CCOc1ccc(CCn2c(CCN3C(=O)c4ccccc4C3=O)nc3ccccc3c2=O)cc1OCC. The molecule has 0 unspecified atom stereocenters. The number of hydrogen-bond donors (Lipinski definition) is 0. The van der Waals surface area contributed by atoms with Gasteiger partial charge in [-0.1, -0.05) is 30.3 Å². The van der Waals surface area contributed by atoms with Gasteiger partial charge < -0.3 is 9.47 Å². The van der Waals surface area contributed by atoms with E-state index in [0.717, 1.165) is 5.56 Å². The fourth-order valence-electron chi connectivity index (χ4n) is 4.78. The number of ether oxygens (including phenoxy) is 2. The molecule has 4 aromatic rings. The molecular weight excluding hydrogens is 482 g/mol. The first-order chi connectivity index (χ1) is 18.5. The van der Waals surface area contributed by atoms with Gasteiger partial charge in [-0.15, -0.1) is 0 Å². The summed E-state index contributed by atoms with van der Waals surface area (Å²) < 4.78 is 13.1. The summed E-state index contributed by atoms with van der Waals surface area (Å²) >= 11 is 0. The molecule has 0 bridgehead atoms. The largest absolute Gasteiger partial charge is 0.490 e. The molecule has 1 aromatic heterocycles. The Morgan fingerprint density at radius 1 is 0.737 bits per heavy atom. The molecule has 0 saturated carbocycles. The molecule has 0 spiro atoms. The molecule has 3 aromatic carbocycles. The van der Waals surface area contributed by atoms with Gasteiger partial charge in [-0.05, 0) is 62.2 Å². The highest BCUT2D eigenvalue weighted by molar-refractivity contribution is 6.21. The molecule has 5 rings (SSSR count). The van der Waals surface area contributed by atoms with Crippen molar-refractivity contribution in [1.29, 1.82) is 0 Å². The third kappa shape index (κ3) is 4.77. The molecule has 38 heavy (non-hydrogen) atoms. The number of amides is 2. The number of para-hydroxylation sites is 1. The Bertz CT molecular complexity index is 1540. The first-order valence-corrected chi connectivity index (χ1v) is 12.8. The Labute approximate surface area is 220 Å². The van der Waals surface area contributed by atoms with Crippen LogP contribution in [0, 0.1) is 0 Å². The summed E-state index contributed by atoms with van der Waals surface area (Å²) in [7, 11) is 0. The molecular formula is C30H29N3O5. The van der Waals surface area contributed by atoms with Crippen LogP contribution in [0.2, 0.25) is 0 Å². The van der Waals surface area contributed by atoms with Crippen molar-refractivity contribution >= 4 is 22.7 Å². The number of hydrogen-bond acceptors (Lipinski definition) is 6. The third-order valence-electron chi connectivity index (χ3n) is 6.61.